The summed E-state index contributed by atoms with van der Waals surface area (Å²) in [6.45, 7) is 3.77. The first-order valence-corrected chi connectivity index (χ1v) is 6.37. The molecule has 0 saturated carbocycles. The third kappa shape index (κ3) is 1.97. The van der Waals surface area contributed by atoms with E-state index < -0.39 is 0 Å². The van der Waals surface area contributed by atoms with E-state index in [2.05, 4.69) is 4.98 Å². The Labute approximate surface area is 101 Å². The highest BCUT2D eigenvalue weighted by Gasteiger charge is 2.18. The molecule has 0 saturated heterocycles. The Bertz CT molecular complexity index is 515. The summed E-state index contributed by atoms with van der Waals surface area (Å²) < 4.78 is 0. The minimum absolute atomic E-state index is 0.0244. The molecule has 0 aliphatic heterocycles. The number of thiophene rings is 1. The molecule has 0 spiro atoms. The van der Waals surface area contributed by atoms with Gasteiger partial charge in [-0.3, -0.25) is 4.79 Å². The fourth-order valence-corrected chi connectivity index (χ4v) is 3.18. The van der Waals surface area contributed by atoms with Crippen LogP contribution in [0.3, 0.4) is 0 Å². The Morgan fingerprint density at radius 2 is 2.20 bits per heavy atom. The van der Waals surface area contributed by atoms with Crippen LogP contribution in [0.5, 0.6) is 0 Å². The second kappa shape index (κ2) is 4.04. The number of ketones is 1. The molecule has 2 rings (SSSR count). The Kier molecular flexibility index (Phi) is 2.91. The lowest BCUT2D eigenvalue weighted by atomic mass is 10.2. The summed E-state index contributed by atoms with van der Waals surface area (Å²) in [5.41, 5.74) is 0.950. The van der Waals surface area contributed by atoms with Crippen molar-refractivity contribution in [2.24, 2.45) is 0 Å². The van der Waals surface area contributed by atoms with E-state index in [0.717, 1.165) is 10.6 Å². The maximum Gasteiger partial charge on any atom is 0.216 e. The van der Waals surface area contributed by atoms with Gasteiger partial charge in [-0.15, -0.1) is 22.7 Å². The molecule has 2 nitrogen and oxygen atoms in total. The second-order valence-electron chi connectivity index (χ2n) is 3.13. The molecule has 5 heteroatoms. The number of carbonyl (C=O) groups is 1. The van der Waals surface area contributed by atoms with Crippen molar-refractivity contribution >= 4 is 40.1 Å². The summed E-state index contributed by atoms with van der Waals surface area (Å²) in [5.74, 6) is -0.0244. The molecule has 15 heavy (non-hydrogen) atoms. The van der Waals surface area contributed by atoms with Gasteiger partial charge in [0.25, 0.3) is 0 Å². The molecule has 0 aliphatic rings. The summed E-state index contributed by atoms with van der Waals surface area (Å²) in [6, 6.07) is 0. The molecular weight excluding hydrogens is 250 g/mol. The lowest BCUT2D eigenvalue weighted by Gasteiger charge is -1.94. The minimum Gasteiger partial charge on any atom is -0.287 e. The molecule has 0 fully saturated rings. The van der Waals surface area contributed by atoms with Gasteiger partial charge in [-0.05, 0) is 24.8 Å². The Morgan fingerprint density at radius 3 is 2.67 bits per heavy atom. The monoisotopic (exact) mass is 257 g/mol. The third-order valence-electron chi connectivity index (χ3n) is 1.95. The lowest BCUT2D eigenvalue weighted by molar-refractivity contribution is 0.104. The zero-order chi connectivity index (χ0) is 11.0. The van der Waals surface area contributed by atoms with Crippen LogP contribution in [-0.2, 0) is 0 Å². The number of aryl methyl sites for hydroxylation is 2. The van der Waals surface area contributed by atoms with Crippen molar-refractivity contribution in [2.45, 2.75) is 13.8 Å². The molecule has 0 bridgehead atoms. The van der Waals surface area contributed by atoms with Gasteiger partial charge in [0.05, 0.1) is 19.8 Å². The van der Waals surface area contributed by atoms with Crippen LogP contribution in [0, 0.1) is 13.8 Å². The van der Waals surface area contributed by atoms with Gasteiger partial charge in [-0.25, -0.2) is 4.98 Å². The number of thiazole rings is 1. The van der Waals surface area contributed by atoms with E-state index >= 15 is 0 Å². The number of hydrogen-bond donors (Lipinski definition) is 0. The van der Waals surface area contributed by atoms with Gasteiger partial charge in [0, 0.05) is 6.20 Å². The molecule has 0 aliphatic carbocycles. The standard InChI is InChI=1S/C10H8ClNOS2/c1-5-4-14-10(8(5)11)9(13)7-3-12-6(2)15-7/h3-4H,1-2H3. The van der Waals surface area contributed by atoms with E-state index in [-0.39, 0.29) is 5.78 Å². The lowest BCUT2D eigenvalue weighted by Crippen LogP contribution is -1.95. The molecule has 0 radical (unpaired) electrons. The van der Waals surface area contributed by atoms with E-state index in [1.807, 2.05) is 19.2 Å². The number of rotatable bonds is 2. The highest BCUT2D eigenvalue weighted by atomic mass is 35.5. The van der Waals surface area contributed by atoms with E-state index in [9.17, 15) is 4.79 Å². The first kappa shape index (κ1) is 10.8. The Hall–Kier alpha value is -0.710. The zero-order valence-electron chi connectivity index (χ0n) is 8.20. The summed E-state index contributed by atoms with van der Waals surface area (Å²) in [5, 5.41) is 3.35. The van der Waals surface area contributed by atoms with Crippen LogP contribution >= 0.6 is 34.3 Å². The highest BCUT2D eigenvalue weighted by molar-refractivity contribution is 7.17. The van der Waals surface area contributed by atoms with Gasteiger partial charge >= 0.3 is 0 Å². The van der Waals surface area contributed by atoms with Crippen LogP contribution in [-0.4, -0.2) is 10.8 Å². The van der Waals surface area contributed by atoms with Gasteiger partial charge in [-0.1, -0.05) is 11.6 Å². The van der Waals surface area contributed by atoms with E-state index in [1.54, 1.807) is 6.20 Å². The van der Waals surface area contributed by atoms with E-state index in [4.69, 9.17) is 11.6 Å². The maximum atomic E-state index is 12.0. The molecule has 0 atom stereocenters. The van der Waals surface area contributed by atoms with Crippen molar-refractivity contribution in [3.63, 3.8) is 0 Å². The minimum atomic E-state index is -0.0244. The quantitative estimate of drug-likeness (QED) is 0.768. The number of halogens is 1. The van der Waals surface area contributed by atoms with Crippen molar-refractivity contribution in [2.75, 3.05) is 0 Å². The average Bonchev–Trinajstić information content (AvgIpc) is 2.75. The number of aromatic nitrogens is 1. The summed E-state index contributed by atoms with van der Waals surface area (Å²) >= 11 is 8.82. The molecule has 0 N–H and O–H groups in total. The smallest absolute Gasteiger partial charge is 0.216 e. The average molecular weight is 258 g/mol. The van der Waals surface area contributed by atoms with Crippen LogP contribution in [0.1, 0.15) is 25.1 Å². The molecule has 0 amide bonds. The van der Waals surface area contributed by atoms with Gasteiger partial charge in [0.15, 0.2) is 0 Å². The maximum absolute atomic E-state index is 12.0. The summed E-state index contributed by atoms with van der Waals surface area (Å²) in [6.07, 6.45) is 1.60. The van der Waals surface area contributed by atoms with Crippen LogP contribution in [0.2, 0.25) is 5.02 Å². The van der Waals surface area contributed by atoms with Crippen molar-refractivity contribution in [3.05, 3.63) is 36.9 Å². The van der Waals surface area contributed by atoms with Gasteiger partial charge in [0.1, 0.15) is 0 Å². The molecular formula is C10H8ClNOS2. The fraction of sp³-hybridized carbons (Fsp3) is 0.200. The van der Waals surface area contributed by atoms with E-state index in [0.29, 0.717) is 14.8 Å². The van der Waals surface area contributed by atoms with E-state index in [1.165, 1.54) is 22.7 Å². The molecule has 0 aromatic carbocycles. The van der Waals surface area contributed by atoms with Crippen molar-refractivity contribution in [1.29, 1.82) is 0 Å². The van der Waals surface area contributed by atoms with Gasteiger partial charge < -0.3 is 0 Å². The Morgan fingerprint density at radius 1 is 1.47 bits per heavy atom. The first-order valence-electron chi connectivity index (χ1n) is 4.30. The van der Waals surface area contributed by atoms with Crippen molar-refractivity contribution < 1.29 is 4.79 Å². The van der Waals surface area contributed by atoms with Gasteiger partial charge in [0.2, 0.25) is 5.78 Å². The topological polar surface area (TPSA) is 30.0 Å². The molecule has 2 heterocycles. The van der Waals surface area contributed by atoms with Crippen LogP contribution in [0.15, 0.2) is 11.6 Å². The van der Waals surface area contributed by atoms with Crippen LogP contribution in [0.25, 0.3) is 0 Å². The normalized spacial score (nSPS) is 10.6. The second-order valence-corrected chi connectivity index (χ2v) is 5.63. The fourth-order valence-electron chi connectivity index (χ4n) is 1.16. The predicted octanol–water partition coefficient (Wildman–Crippen LogP) is 3.71. The van der Waals surface area contributed by atoms with Crippen molar-refractivity contribution in [1.82, 2.24) is 4.98 Å². The number of hydrogen-bond acceptors (Lipinski definition) is 4. The number of nitrogens with zero attached hydrogens (tertiary/aromatic N) is 1. The molecule has 78 valence electrons. The van der Waals surface area contributed by atoms with Gasteiger partial charge in [-0.2, -0.15) is 0 Å². The SMILES string of the molecule is Cc1ncc(C(=O)c2scc(C)c2Cl)s1. The first-order chi connectivity index (χ1) is 7.09. The zero-order valence-corrected chi connectivity index (χ0v) is 10.6. The largest absolute Gasteiger partial charge is 0.287 e. The molecule has 0 unspecified atom stereocenters. The van der Waals surface area contributed by atoms with Crippen LogP contribution in [0.4, 0.5) is 0 Å². The number of carbonyl (C=O) groups excluding carboxylic acids is 1. The summed E-state index contributed by atoms with van der Waals surface area (Å²) in [4.78, 5) is 17.3. The third-order valence-corrected chi connectivity index (χ3v) is 4.56. The van der Waals surface area contributed by atoms with Crippen LogP contribution < -0.4 is 0 Å². The summed E-state index contributed by atoms with van der Waals surface area (Å²) in [7, 11) is 0. The highest BCUT2D eigenvalue weighted by Crippen LogP contribution is 2.30. The molecule has 2 aromatic rings. The predicted molar refractivity (Wildman–Crippen MR) is 64.3 cm³/mol. The Balaban J connectivity index is 2.41. The molecule has 2 aromatic heterocycles. The van der Waals surface area contributed by atoms with Crippen molar-refractivity contribution in [3.8, 4) is 0 Å².